The van der Waals surface area contributed by atoms with Gasteiger partial charge in [-0.15, -0.1) is 0 Å². The van der Waals surface area contributed by atoms with Gasteiger partial charge in [-0.2, -0.15) is 5.10 Å². The van der Waals surface area contributed by atoms with Gasteiger partial charge in [0.05, 0.1) is 12.5 Å². The SMILES string of the molecule is Cc1cc(C(=O)NC(CC(=O)O)c2ccc(Br)cc2)nn1C. The molecular weight excluding hydrogens is 350 g/mol. The zero-order valence-corrected chi connectivity index (χ0v) is 13.8. The Hall–Kier alpha value is -2.15. The largest absolute Gasteiger partial charge is 0.481 e. The first-order valence-corrected chi connectivity index (χ1v) is 7.45. The molecule has 0 aliphatic rings. The molecule has 22 heavy (non-hydrogen) atoms. The Morgan fingerprint density at radius 3 is 2.50 bits per heavy atom. The molecule has 1 unspecified atom stereocenters. The van der Waals surface area contributed by atoms with E-state index in [0.29, 0.717) is 0 Å². The third kappa shape index (κ3) is 3.94. The first-order valence-electron chi connectivity index (χ1n) is 6.65. The summed E-state index contributed by atoms with van der Waals surface area (Å²) in [4.78, 5) is 23.3. The van der Waals surface area contributed by atoms with Crippen molar-refractivity contribution in [2.24, 2.45) is 7.05 Å². The fourth-order valence-electron chi connectivity index (χ4n) is 2.03. The molecular formula is C15H16BrN3O3. The highest BCUT2D eigenvalue weighted by Crippen LogP contribution is 2.20. The van der Waals surface area contributed by atoms with Crippen LogP contribution in [0.25, 0.3) is 0 Å². The quantitative estimate of drug-likeness (QED) is 0.851. The average Bonchev–Trinajstić information content (AvgIpc) is 2.78. The predicted molar refractivity (Wildman–Crippen MR) is 84.5 cm³/mol. The molecule has 2 aromatic rings. The van der Waals surface area contributed by atoms with Crippen molar-refractivity contribution in [2.75, 3.05) is 0 Å². The van der Waals surface area contributed by atoms with Gasteiger partial charge < -0.3 is 10.4 Å². The highest BCUT2D eigenvalue weighted by Gasteiger charge is 2.20. The van der Waals surface area contributed by atoms with Crippen molar-refractivity contribution in [3.8, 4) is 0 Å². The molecule has 6 nitrogen and oxygen atoms in total. The standard InChI is InChI=1S/C15H16BrN3O3/c1-9-7-13(18-19(9)2)15(22)17-12(8-14(20)21)10-3-5-11(16)6-4-10/h3-7,12H,8H2,1-2H3,(H,17,22)(H,20,21). The van der Waals surface area contributed by atoms with Crippen LogP contribution in [0.3, 0.4) is 0 Å². The molecule has 0 radical (unpaired) electrons. The number of carboxylic acids is 1. The second-order valence-corrected chi connectivity index (χ2v) is 5.89. The molecule has 0 aliphatic carbocycles. The maximum absolute atomic E-state index is 12.3. The molecule has 0 saturated carbocycles. The number of aromatic nitrogens is 2. The molecule has 0 saturated heterocycles. The van der Waals surface area contributed by atoms with E-state index >= 15 is 0 Å². The molecule has 7 heteroatoms. The molecule has 1 amide bonds. The number of rotatable bonds is 5. The predicted octanol–water partition coefficient (Wildman–Crippen LogP) is 2.44. The zero-order valence-electron chi connectivity index (χ0n) is 12.2. The number of carbonyl (C=O) groups excluding carboxylic acids is 1. The molecule has 2 N–H and O–H groups in total. The number of halogens is 1. The van der Waals surface area contributed by atoms with Crippen molar-refractivity contribution in [1.29, 1.82) is 0 Å². The van der Waals surface area contributed by atoms with E-state index in [0.717, 1.165) is 15.7 Å². The lowest BCUT2D eigenvalue weighted by Crippen LogP contribution is -2.30. The lowest BCUT2D eigenvalue weighted by Gasteiger charge is -2.17. The number of benzene rings is 1. The van der Waals surface area contributed by atoms with Gasteiger partial charge in [0.15, 0.2) is 0 Å². The number of hydrogen-bond donors (Lipinski definition) is 2. The summed E-state index contributed by atoms with van der Waals surface area (Å²) in [7, 11) is 1.75. The summed E-state index contributed by atoms with van der Waals surface area (Å²) in [6.07, 6.45) is -0.195. The molecule has 0 aliphatic heterocycles. The van der Waals surface area contributed by atoms with Crippen molar-refractivity contribution >= 4 is 27.8 Å². The highest BCUT2D eigenvalue weighted by atomic mass is 79.9. The number of nitrogens with one attached hydrogen (secondary N) is 1. The average molecular weight is 366 g/mol. The molecule has 1 aromatic carbocycles. The van der Waals surface area contributed by atoms with Crippen LogP contribution in [-0.4, -0.2) is 26.8 Å². The van der Waals surface area contributed by atoms with Gasteiger partial charge in [-0.05, 0) is 30.7 Å². The van der Waals surface area contributed by atoms with Gasteiger partial charge in [0.25, 0.3) is 5.91 Å². The van der Waals surface area contributed by atoms with Crippen molar-refractivity contribution in [2.45, 2.75) is 19.4 Å². The number of hydrogen-bond acceptors (Lipinski definition) is 3. The molecule has 0 spiro atoms. The maximum atomic E-state index is 12.3. The third-order valence-electron chi connectivity index (χ3n) is 3.30. The van der Waals surface area contributed by atoms with Crippen LogP contribution in [-0.2, 0) is 11.8 Å². The summed E-state index contributed by atoms with van der Waals surface area (Å²) in [6, 6.07) is 8.22. The van der Waals surface area contributed by atoms with E-state index in [1.165, 1.54) is 0 Å². The van der Waals surface area contributed by atoms with E-state index in [-0.39, 0.29) is 12.1 Å². The topological polar surface area (TPSA) is 84.2 Å². The van der Waals surface area contributed by atoms with E-state index in [1.54, 1.807) is 42.1 Å². The molecule has 1 aromatic heterocycles. The Bertz CT molecular complexity index is 675. The minimum atomic E-state index is -0.981. The van der Waals surface area contributed by atoms with Crippen LogP contribution in [0.15, 0.2) is 34.8 Å². The molecule has 1 heterocycles. The normalized spacial score (nSPS) is 12.0. The summed E-state index contributed by atoms with van der Waals surface area (Å²) in [5.74, 6) is -1.37. The smallest absolute Gasteiger partial charge is 0.305 e. The second-order valence-electron chi connectivity index (χ2n) is 4.97. The Balaban J connectivity index is 2.20. The molecule has 0 fully saturated rings. The molecule has 2 rings (SSSR count). The number of aryl methyl sites for hydroxylation is 2. The van der Waals surface area contributed by atoms with E-state index in [2.05, 4.69) is 26.3 Å². The zero-order chi connectivity index (χ0) is 16.3. The number of nitrogens with zero attached hydrogens (tertiary/aromatic N) is 2. The van der Waals surface area contributed by atoms with Crippen molar-refractivity contribution in [3.05, 3.63) is 51.8 Å². The maximum Gasteiger partial charge on any atom is 0.305 e. The number of aliphatic carboxylic acids is 1. The molecule has 1 atom stereocenters. The van der Waals surface area contributed by atoms with Crippen LogP contribution >= 0.6 is 15.9 Å². The fraction of sp³-hybridized carbons (Fsp3) is 0.267. The number of carbonyl (C=O) groups is 2. The van der Waals surface area contributed by atoms with Crippen LogP contribution in [0.1, 0.15) is 34.2 Å². The first kappa shape index (κ1) is 16.2. The second kappa shape index (κ2) is 6.74. The van der Waals surface area contributed by atoms with Gasteiger partial charge in [0.1, 0.15) is 5.69 Å². The van der Waals surface area contributed by atoms with E-state index in [9.17, 15) is 9.59 Å². The van der Waals surface area contributed by atoms with Gasteiger partial charge in [-0.25, -0.2) is 0 Å². The molecule has 0 bridgehead atoms. The van der Waals surface area contributed by atoms with Crippen molar-refractivity contribution in [1.82, 2.24) is 15.1 Å². The summed E-state index contributed by atoms with van der Waals surface area (Å²) < 4.78 is 2.48. The van der Waals surface area contributed by atoms with E-state index in [4.69, 9.17) is 5.11 Å². The Labute approximate surface area is 136 Å². The highest BCUT2D eigenvalue weighted by molar-refractivity contribution is 9.10. The summed E-state index contributed by atoms with van der Waals surface area (Å²) in [6.45, 7) is 1.84. The Morgan fingerprint density at radius 1 is 1.36 bits per heavy atom. The van der Waals surface area contributed by atoms with Gasteiger partial charge in [-0.1, -0.05) is 28.1 Å². The fourth-order valence-corrected chi connectivity index (χ4v) is 2.29. The summed E-state index contributed by atoms with van der Waals surface area (Å²) in [5, 5.41) is 15.9. The van der Waals surface area contributed by atoms with E-state index < -0.39 is 17.9 Å². The van der Waals surface area contributed by atoms with E-state index in [1.807, 2.05) is 6.92 Å². The van der Waals surface area contributed by atoms with Crippen molar-refractivity contribution < 1.29 is 14.7 Å². The van der Waals surface area contributed by atoms with Crippen LogP contribution in [0.4, 0.5) is 0 Å². The van der Waals surface area contributed by atoms with Gasteiger partial charge in [0.2, 0.25) is 0 Å². The van der Waals surface area contributed by atoms with Crippen LogP contribution < -0.4 is 5.32 Å². The lowest BCUT2D eigenvalue weighted by atomic mass is 10.0. The molecule has 116 valence electrons. The lowest BCUT2D eigenvalue weighted by molar-refractivity contribution is -0.137. The summed E-state index contributed by atoms with van der Waals surface area (Å²) in [5.41, 5.74) is 1.85. The van der Waals surface area contributed by atoms with Crippen molar-refractivity contribution in [3.63, 3.8) is 0 Å². The number of carboxylic acid groups (broad SMARTS) is 1. The Kier molecular flexibility index (Phi) is 4.97. The summed E-state index contributed by atoms with van der Waals surface area (Å²) >= 11 is 3.33. The first-order chi connectivity index (χ1) is 10.4. The van der Waals surface area contributed by atoms with Gasteiger partial charge in [0, 0.05) is 17.2 Å². The monoisotopic (exact) mass is 365 g/mol. The number of amides is 1. The van der Waals surface area contributed by atoms with Crippen LogP contribution in [0.2, 0.25) is 0 Å². The van der Waals surface area contributed by atoms with Crippen LogP contribution in [0.5, 0.6) is 0 Å². The van der Waals surface area contributed by atoms with Gasteiger partial charge >= 0.3 is 5.97 Å². The Morgan fingerprint density at radius 2 is 2.00 bits per heavy atom. The van der Waals surface area contributed by atoms with Crippen LogP contribution in [0, 0.1) is 6.92 Å². The van der Waals surface area contributed by atoms with Gasteiger partial charge in [-0.3, -0.25) is 14.3 Å². The third-order valence-corrected chi connectivity index (χ3v) is 3.83. The minimum Gasteiger partial charge on any atom is -0.481 e. The minimum absolute atomic E-state index is 0.195.